The summed E-state index contributed by atoms with van der Waals surface area (Å²) in [7, 11) is 0. The van der Waals surface area contributed by atoms with Gasteiger partial charge in [0, 0.05) is 19.3 Å². The van der Waals surface area contributed by atoms with Crippen molar-refractivity contribution in [2.75, 3.05) is 13.1 Å². The molecule has 96 valence electrons. The first-order chi connectivity index (χ1) is 8.58. The predicted molar refractivity (Wildman–Crippen MR) is 65.5 cm³/mol. The molecule has 1 aliphatic rings. The third-order valence-electron chi connectivity index (χ3n) is 3.30. The summed E-state index contributed by atoms with van der Waals surface area (Å²) in [6.45, 7) is 3.61. The number of carbonyl (C=O) groups is 2. The SMILES string of the molecule is CC1CCN(C(=O)c2cc(C(=O)O)ccn2)CC1. The molecule has 0 bridgehead atoms. The minimum absolute atomic E-state index is 0.0960. The van der Waals surface area contributed by atoms with Gasteiger partial charge in [0.15, 0.2) is 0 Å². The van der Waals surface area contributed by atoms with Crippen molar-refractivity contribution in [2.24, 2.45) is 5.92 Å². The molecule has 0 saturated carbocycles. The molecule has 5 nitrogen and oxygen atoms in total. The van der Waals surface area contributed by atoms with Crippen molar-refractivity contribution in [1.29, 1.82) is 0 Å². The number of aromatic carboxylic acids is 1. The van der Waals surface area contributed by atoms with E-state index in [9.17, 15) is 9.59 Å². The van der Waals surface area contributed by atoms with Crippen LogP contribution in [-0.2, 0) is 0 Å². The fraction of sp³-hybridized carbons (Fsp3) is 0.462. The van der Waals surface area contributed by atoms with Gasteiger partial charge >= 0.3 is 5.97 Å². The highest BCUT2D eigenvalue weighted by atomic mass is 16.4. The lowest BCUT2D eigenvalue weighted by Gasteiger charge is -2.30. The van der Waals surface area contributed by atoms with Gasteiger partial charge in [-0.05, 0) is 30.9 Å². The molecule has 1 fully saturated rings. The van der Waals surface area contributed by atoms with E-state index in [4.69, 9.17) is 5.11 Å². The summed E-state index contributed by atoms with van der Waals surface area (Å²) in [5, 5.41) is 8.88. The van der Waals surface area contributed by atoms with Crippen LogP contribution in [0, 0.1) is 5.92 Å². The molecule has 0 spiro atoms. The van der Waals surface area contributed by atoms with E-state index >= 15 is 0 Å². The number of piperidine rings is 1. The van der Waals surface area contributed by atoms with Crippen molar-refractivity contribution in [3.05, 3.63) is 29.6 Å². The molecule has 1 N–H and O–H groups in total. The Morgan fingerprint density at radius 2 is 2.06 bits per heavy atom. The Morgan fingerprint density at radius 1 is 1.39 bits per heavy atom. The Hall–Kier alpha value is -1.91. The Morgan fingerprint density at radius 3 is 2.67 bits per heavy atom. The number of carboxylic acids is 1. The first-order valence-corrected chi connectivity index (χ1v) is 6.06. The number of rotatable bonds is 2. The largest absolute Gasteiger partial charge is 0.478 e. The van der Waals surface area contributed by atoms with Gasteiger partial charge in [0.25, 0.3) is 5.91 Å². The molecule has 1 aromatic rings. The van der Waals surface area contributed by atoms with Crippen LogP contribution in [0.1, 0.15) is 40.6 Å². The molecule has 0 aromatic carbocycles. The van der Waals surface area contributed by atoms with E-state index in [1.165, 1.54) is 18.3 Å². The van der Waals surface area contributed by atoms with Gasteiger partial charge in [-0.1, -0.05) is 6.92 Å². The summed E-state index contributed by atoms with van der Waals surface area (Å²) < 4.78 is 0. The number of hydrogen-bond donors (Lipinski definition) is 1. The molecule has 0 aliphatic carbocycles. The Labute approximate surface area is 105 Å². The average Bonchev–Trinajstić information content (AvgIpc) is 2.39. The minimum Gasteiger partial charge on any atom is -0.478 e. The van der Waals surface area contributed by atoms with Crippen LogP contribution in [-0.4, -0.2) is 40.0 Å². The van der Waals surface area contributed by atoms with Gasteiger partial charge in [0.1, 0.15) is 5.69 Å². The summed E-state index contributed by atoms with van der Waals surface area (Å²) in [5.74, 6) is -0.573. The zero-order valence-electron chi connectivity index (χ0n) is 10.3. The predicted octanol–water partition coefficient (Wildman–Crippen LogP) is 1.65. The van der Waals surface area contributed by atoms with Crippen LogP contribution in [0.2, 0.25) is 0 Å². The van der Waals surface area contributed by atoms with Crippen LogP contribution < -0.4 is 0 Å². The van der Waals surface area contributed by atoms with Gasteiger partial charge < -0.3 is 10.0 Å². The minimum atomic E-state index is -1.04. The third kappa shape index (κ3) is 2.67. The highest BCUT2D eigenvalue weighted by molar-refractivity contribution is 5.95. The summed E-state index contributed by atoms with van der Waals surface area (Å²) in [4.78, 5) is 28.7. The average molecular weight is 248 g/mol. The Balaban J connectivity index is 2.13. The van der Waals surface area contributed by atoms with E-state index in [0.717, 1.165) is 25.9 Å². The number of carbonyl (C=O) groups excluding carboxylic acids is 1. The summed E-state index contributed by atoms with van der Waals surface area (Å²) >= 11 is 0. The van der Waals surface area contributed by atoms with Crippen LogP contribution in [0.15, 0.2) is 18.3 Å². The summed E-state index contributed by atoms with van der Waals surface area (Å²) in [5.41, 5.74) is 0.309. The van der Waals surface area contributed by atoms with Gasteiger partial charge in [0.05, 0.1) is 5.56 Å². The third-order valence-corrected chi connectivity index (χ3v) is 3.30. The zero-order valence-corrected chi connectivity index (χ0v) is 10.3. The van der Waals surface area contributed by atoms with Crippen LogP contribution in [0.4, 0.5) is 0 Å². The number of nitrogens with zero attached hydrogens (tertiary/aromatic N) is 2. The lowest BCUT2D eigenvalue weighted by Crippen LogP contribution is -2.38. The molecule has 1 amide bonds. The fourth-order valence-electron chi connectivity index (χ4n) is 2.05. The molecule has 5 heteroatoms. The molecule has 1 saturated heterocycles. The second kappa shape index (κ2) is 5.16. The Bertz CT molecular complexity index is 465. The van der Waals surface area contributed by atoms with E-state index in [1.807, 2.05) is 0 Å². The van der Waals surface area contributed by atoms with Crippen LogP contribution >= 0.6 is 0 Å². The molecule has 2 heterocycles. The van der Waals surface area contributed by atoms with Gasteiger partial charge in [-0.25, -0.2) is 4.79 Å². The maximum absolute atomic E-state index is 12.2. The quantitative estimate of drug-likeness (QED) is 0.864. The van der Waals surface area contributed by atoms with Gasteiger partial charge in [-0.3, -0.25) is 9.78 Å². The van der Waals surface area contributed by atoms with Crippen molar-refractivity contribution in [2.45, 2.75) is 19.8 Å². The normalized spacial score (nSPS) is 16.6. The molecule has 2 rings (SSSR count). The van der Waals surface area contributed by atoms with Crippen molar-refractivity contribution < 1.29 is 14.7 Å². The van der Waals surface area contributed by atoms with E-state index in [-0.39, 0.29) is 17.2 Å². The number of pyridine rings is 1. The van der Waals surface area contributed by atoms with E-state index in [0.29, 0.717) is 5.92 Å². The monoisotopic (exact) mass is 248 g/mol. The van der Waals surface area contributed by atoms with Crippen LogP contribution in [0.5, 0.6) is 0 Å². The smallest absolute Gasteiger partial charge is 0.335 e. The van der Waals surface area contributed by atoms with Crippen molar-refractivity contribution in [3.8, 4) is 0 Å². The first kappa shape index (κ1) is 12.5. The fourth-order valence-corrected chi connectivity index (χ4v) is 2.05. The molecule has 1 aromatic heterocycles. The van der Waals surface area contributed by atoms with Gasteiger partial charge in [-0.15, -0.1) is 0 Å². The van der Waals surface area contributed by atoms with Gasteiger partial charge in [-0.2, -0.15) is 0 Å². The zero-order chi connectivity index (χ0) is 13.1. The van der Waals surface area contributed by atoms with E-state index < -0.39 is 5.97 Å². The highest BCUT2D eigenvalue weighted by Gasteiger charge is 2.22. The number of hydrogen-bond acceptors (Lipinski definition) is 3. The lowest BCUT2D eigenvalue weighted by atomic mass is 9.99. The number of aromatic nitrogens is 1. The summed E-state index contributed by atoms with van der Waals surface area (Å²) in [6, 6.07) is 2.72. The van der Waals surface area contributed by atoms with Crippen molar-refractivity contribution in [3.63, 3.8) is 0 Å². The van der Waals surface area contributed by atoms with E-state index in [2.05, 4.69) is 11.9 Å². The van der Waals surface area contributed by atoms with Gasteiger partial charge in [0.2, 0.25) is 0 Å². The van der Waals surface area contributed by atoms with Crippen LogP contribution in [0.25, 0.3) is 0 Å². The second-order valence-electron chi connectivity index (χ2n) is 4.71. The molecule has 0 atom stereocenters. The molecular formula is C13H16N2O3. The maximum Gasteiger partial charge on any atom is 0.335 e. The highest BCUT2D eigenvalue weighted by Crippen LogP contribution is 2.17. The Kier molecular flexibility index (Phi) is 3.60. The molecular weight excluding hydrogens is 232 g/mol. The van der Waals surface area contributed by atoms with Crippen molar-refractivity contribution >= 4 is 11.9 Å². The number of carboxylic acid groups (broad SMARTS) is 1. The first-order valence-electron chi connectivity index (χ1n) is 6.06. The number of likely N-dealkylation sites (tertiary alicyclic amines) is 1. The second-order valence-corrected chi connectivity index (χ2v) is 4.71. The lowest BCUT2D eigenvalue weighted by molar-refractivity contribution is 0.0691. The van der Waals surface area contributed by atoms with E-state index in [1.54, 1.807) is 4.90 Å². The molecule has 0 radical (unpaired) electrons. The summed E-state index contributed by atoms with van der Waals surface area (Å²) in [6.07, 6.45) is 3.35. The molecule has 1 aliphatic heterocycles. The van der Waals surface area contributed by atoms with Crippen molar-refractivity contribution in [1.82, 2.24) is 9.88 Å². The topological polar surface area (TPSA) is 70.5 Å². The standard InChI is InChI=1S/C13H16N2O3/c1-9-3-6-15(7-4-9)12(16)11-8-10(13(17)18)2-5-14-11/h2,5,8-9H,3-4,6-7H2,1H3,(H,17,18). The number of amides is 1. The molecule has 18 heavy (non-hydrogen) atoms. The maximum atomic E-state index is 12.2. The van der Waals surface area contributed by atoms with Crippen LogP contribution in [0.3, 0.4) is 0 Å². The molecule has 0 unspecified atom stereocenters.